The second kappa shape index (κ2) is 4.47. The van der Waals surface area contributed by atoms with Crippen molar-refractivity contribution in [2.45, 2.75) is 13.0 Å². The topological polar surface area (TPSA) is 24.9 Å². The third-order valence-corrected chi connectivity index (χ3v) is 2.90. The summed E-state index contributed by atoms with van der Waals surface area (Å²) in [4.78, 5) is 3.83. The lowest BCUT2D eigenvalue weighted by Crippen LogP contribution is -2.13. The minimum atomic E-state index is 0.0560. The van der Waals surface area contributed by atoms with Gasteiger partial charge in [0.25, 0.3) is 0 Å². The Morgan fingerprint density at radius 1 is 1.38 bits per heavy atom. The molecular formula is C8H9Cl3N2. The highest BCUT2D eigenvalue weighted by Gasteiger charge is 2.15. The maximum Gasteiger partial charge on any atom is 0.148 e. The number of halogens is 3. The first-order valence-electron chi connectivity index (χ1n) is 3.74. The van der Waals surface area contributed by atoms with Crippen molar-refractivity contribution in [1.29, 1.82) is 0 Å². The smallest absolute Gasteiger partial charge is 0.148 e. The number of hydrogen-bond donors (Lipinski definition) is 1. The standard InChI is InChI=1S/C8H9Cl3N2/c1-4(12-2)6-5(9)3-13-8(11)7(6)10/h3-4,12H,1-2H3/t4-/m0/s1. The molecule has 1 N–H and O–H groups in total. The number of aromatic nitrogens is 1. The van der Waals surface area contributed by atoms with Gasteiger partial charge in [-0.05, 0) is 14.0 Å². The summed E-state index contributed by atoms with van der Waals surface area (Å²) < 4.78 is 0. The van der Waals surface area contributed by atoms with Crippen molar-refractivity contribution in [3.8, 4) is 0 Å². The molecule has 13 heavy (non-hydrogen) atoms. The molecule has 1 aromatic rings. The van der Waals surface area contributed by atoms with Crippen LogP contribution in [0.4, 0.5) is 0 Å². The van der Waals surface area contributed by atoms with Crippen LogP contribution in [0.1, 0.15) is 18.5 Å². The van der Waals surface area contributed by atoms with E-state index in [-0.39, 0.29) is 11.2 Å². The maximum absolute atomic E-state index is 5.95. The molecule has 1 rings (SSSR count). The van der Waals surface area contributed by atoms with Gasteiger partial charge in [-0.1, -0.05) is 34.8 Å². The normalized spacial score (nSPS) is 13.0. The summed E-state index contributed by atoms with van der Waals surface area (Å²) in [5.41, 5.74) is 0.783. The number of pyridine rings is 1. The van der Waals surface area contributed by atoms with Gasteiger partial charge in [-0.15, -0.1) is 0 Å². The Hall–Kier alpha value is -0.0200. The molecule has 0 saturated carbocycles. The molecule has 2 nitrogen and oxygen atoms in total. The first kappa shape index (κ1) is 11.1. The lowest BCUT2D eigenvalue weighted by atomic mass is 10.1. The summed E-state index contributed by atoms with van der Waals surface area (Å²) in [5, 5.41) is 4.25. The van der Waals surface area contributed by atoms with Crippen molar-refractivity contribution >= 4 is 34.8 Å². The Bertz CT molecular complexity index is 315. The first-order chi connectivity index (χ1) is 6.07. The fraction of sp³-hybridized carbons (Fsp3) is 0.375. The summed E-state index contributed by atoms with van der Waals surface area (Å²) in [5.74, 6) is 0. The van der Waals surface area contributed by atoms with Crippen LogP contribution in [-0.4, -0.2) is 12.0 Å². The van der Waals surface area contributed by atoms with Crippen LogP contribution in [0.25, 0.3) is 0 Å². The third kappa shape index (κ3) is 2.26. The zero-order valence-electron chi connectivity index (χ0n) is 7.24. The van der Waals surface area contributed by atoms with Gasteiger partial charge < -0.3 is 5.32 Å². The summed E-state index contributed by atoms with van der Waals surface area (Å²) in [6.45, 7) is 1.95. The minimum absolute atomic E-state index is 0.0560. The van der Waals surface area contributed by atoms with Gasteiger partial charge in [0.2, 0.25) is 0 Å². The predicted molar refractivity (Wildman–Crippen MR) is 56.7 cm³/mol. The number of nitrogens with zero attached hydrogens (tertiary/aromatic N) is 1. The molecular weight excluding hydrogens is 230 g/mol. The second-order valence-electron chi connectivity index (χ2n) is 2.63. The van der Waals surface area contributed by atoms with Crippen molar-refractivity contribution in [3.05, 3.63) is 27.0 Å². The van der Waals surface area contributed by atoms with E-state index in [9.17, 15) is 0 Å². The zero-order valence-corrected chi connectivity index (χ0v) is 9.50. The summed E-state index contributed by atoms with van der Waals surface area (Å²) >= 11 is 17.6. The van der Waals surface area contributed by atoms with Gasteiger partial charge in [0.15, 0.2) is 0 Å². The van der Waals surface area contributed by atoms with Crippen LogP contribution in [0.3, 0.4) is 0 Å². The Morgan fingerprint density at radius 2 is 2.00 bits per heavy atom. The van der Waals surface area contributed by atoms with Gasteiger partial charge in [0.1, 0.15) is 5.15 Å². The molecule has 0 aliphatic heterocycles. The lowest BCUT2D eigenvalue weighted by molar-refractivity contribution is 0.652. The average molecular weight is 240 g/mol. The van der Waals surface area contributed by atoms with Gasteiger partial charge in [0, 0.05) is 17.8 Å². The molecule has 0 aliphatic carbocycles. The molecule has 0 fully saturated rings. The van der Waals surface area contributed by atoms with Gasteiger partial charge in [-0.2, -0.15) is 0 Å². The number of hydrogen-bond acceptors (Lipinski definition) is 2. The van der Waals surface area contributed by atoms with Gasteiger partial charge in [-0.25, -0.2) is 4.98 Å². The molecule has 5 heteroatoms. The van der Waals surface area contributed by atoms with Crippen LogP contribution in [0.5, 0.6) is 0 Å². The Labute approximate surface area is 92.2 Å². The monoisotopic (exact) mass is 238 g/mol. The van der Waals surface area contributed by atoms with Gasteiger partial charge in [0.05, 0.1) is 10.0 Å². The predicted octanol–water partition coefficient (Wildman–Crippen LogP) is 3.32. The largest absolute Gasteiger partial charge is 0.313 e. The molecule has 0 saturated heterocycles. The summed E-state index contributed by atoms with van der Waals surface area (Å²) in [6.07, 6.45) is 1.50. The fourth-order valence-corrected chi connectivity index (χ4v) is 1.82. The van der Waals surface area contributed by atoms with Gasteiger partial charge in [-0.3, -0.25) is 0 Å². The highest BCUT2D eigenvalue weighted by molar-refractivity contribution is 6.43. The molecule has 0 radical (unpaired) electrons. The molecule has 72 valence electrons. The van der Waals surface area contributed by atoms with Crippen LogP contribution in [0, 0.1) is 0 Å². The lowest BCUT2D eigenvalue weighted by Gasteiger charge is -2.14. The van der Waals surface area contributed by atoms with Gasteiger partial charge >= 0.3 is 0 Å². The van der Waals surface area contributed by atoms with E-state index < -0.39 is 0 Å². The van der Waals surface area contributed by atoms with Crippen molar-refractivity contribution in [1.82, 2.24) is 10.3 Å². The van der Waals surface area contributed by atoms with E-state index in [1.54, 1.807) is 0 Å². The highest BCUT2D eigenvalue weighted by Crippen LogP contribution is 2.33. The van der Waals surface area contributed by atoms with E-state index in [1.165, 1.54) is 6.20 Å². The van der Waals surface area contributed by atoms with Crippen LogP contribution in [0.2, 0.25) is 15.2 Å². The van der Waals surface area contributed by atoms with Crippen LogP contribution in [0.15, 0.2) is 6.20 Å². The molecule has 1 atom stereocenters. The van der Waals surface area contributed by atoms with Crippen molar-refractivity contribution in [2.75, 3.05) is 7.05 Å². The molecule has 1 aromatic heterocycles. The molecule has 1 heterocycles. The highest BCUT2D eigenvalue weighted by atomic mass is 35.5. The van der Waals surface area contributed by atoms with Crippen molar-refractivity contribution < 1.29 is 0 Å². The SMILES string of the molecule is CN[C@@H](C)c1c(Cl)cnc(Cl)c1Cl. The summed E-state index contributed by atoms with van der Waals surface area (Å²) in [7, 11) is 1.83. The number of rotatable bonds is 2. The van der Waals surface area contributed by atoms with Crippen LogP contribution < -0.4 is 5.32 Å². The molecule has 0 aromatic carbocycles. The van der Waals surface area contributed by atoms with Crippen molar-refractivity contribution in [3.63, 3.8) is 0 Å². The first-order valence-corrected chi connectivity index (χ1v) is 4.88. The van der Waals surface area contributed by atoms with E-state index >= 15 is 0 Å². The molecule has 0 spiro atoms. The molecule has 0 amide bonds. The van der Waals surface area contributed by atoms with E-state index in [0.29, 0.717) is 10.0 Å². The average Bonchev–Trinajstić information content (AvgIpc) is 2.12. The zero-order chi connectivity index (χ0) is 10.0. The quantitative estimate of drug-likeness (QED) is 0.801. The van der Waals surface area contributed by atoms with Crippen LogP contribution >= 0.6 is 34.8 Å². The third-order valence-electron chi connectivity index (χ3n) is 1.83. The Kier molecular flexibility index (Phi) is 3.80. The van der Waals surface area contributed by atoms with Crippen molar-refractivity contribution in [2.24, 2.45) is 0 Å². The fourth-order valence-electron chi connectivity index (χ4n) is 0.997. The summed E-state index contributed by atoms with van der Waals surface area (Å²) in [6, 6.07) is 0.0560. The Balaban J connectivity index is 3.25. The van der Waals surface area contributed by atoms with Crippen LogP contribution in [-0.2, 0) is 0 Å². The second-order valence-corrected chi connectivity index (χ2v) is 3.78. The molecule has 0 unspecified atom stereocenters. The van der Waals surface area contributed by atoms with E-state index in [4.69, 9.17) is 34.8 Å². The minimum Gasteiger partial charge on any atom is -0.313 e. The molecule has 0 aliphatic rings. The number of nitrogens with one attached hydrogen (secondary N) is 1. The van der Waals surface area contributed by atoms with E-state index in [1.807, 2.05) is 14.0 Å². The Morgan fingerprint density at radius 3 is 2.54 bits per heavy atom. The molecule has 0 bridgehead atoms. The maximum atomic E-state index is 5.95. The van der Waals surface area contributed by atoms with E-state index in [0.717, 1.165) is 5.56 Å². The van der Waals surface area contributed by atoms with E-state index in [2.05, 4.69) is 10.3 Å².